The summed E-state index contributed by atoms with van der Waals surface area (Å²) in [5, 5.41) is 12.7. The molecule has 0 spiro atoms. The van der Waals surface area contributed by atoms with Crippen molar-refractivity contribution < 1.29 is 9.84 Å². The summed E-state index contributed by atoms with van der Waals surface area (Å²) in [6.45, 7) is 4.37. The molecule has 0 aromatic heterocycles. The topological polar surface area (TPSA) is 41.5 Å². The lowest BCUT2D eigenvalue weighted by Gasteiger charge is -2.15. The Morgan fingerprint density at radius 3 is 2.92 bits per heavy atom. The number of hydrogen-bond acceptors (Lipinski definition) is 3. The molecule has 1 aliphatic rings. The van der Waals surface area contributed by atoms with Gasteiger partial charge in [0.2, 0.25) is 0 Å². The van der Waals surface area contributed by atoms with Crippen LogP contribution >= 0.6 is 0 Å². The van der Waals surface area contributed by atoms with E-state index in [9.17, 15) is 5.11 Å². The zero-order chi connectivity index (χ0) is 8.81. The van der Waals surface area contributed by atoms with E-state index in [1.165, 1.54) is 0 Å². The van der Waals surface area contributed by atoms with E-state index in [-0.39, 0.29) is 6.10 Å². The van der Waals surface area contributed by atoms with E-state index < -0.39 is 0 Å². The SMILES string of the molecule is CCOCCN[C@H]1CCC[C@@H]1O. The van der Waals surface area contributed by atoms with Crippen LogP contribution in [-0.2, 0) is 4.74 Å². The number of rotatable bonds is 5. The molecule has 1 saturated carbocycles. The molecule has 1 rings (SSSR count). The Balaban J connectivity index is 1.98. The molecule has 0 amide bonds. The van der Waals surface area contributed by atoms with Gasteiger partial charge in [0.25, 0.3) is 0 Å². The number of hydrogen-bond donors (Lipinski definition) is 2. The Labute approximate surface area is 74.1 Å². The molecule has 72 valence electrons. The van der Waals surface area contributed by atoms with Gasteiger partial charge in [-0.2, -0.15) is 0 Å². The first kappa shape index (κ1) is 9.96. The lowest BCUT2D eigenvalue weighted by molar-refractivity contribution is 0.124. The van der Waals surface area contributed by atoms with Gasteiger partial charge in [-0.3, -0.25) is 0 Å². The minimum absolute atomic E-state index is 0.133. The maximum atomic E-state index is 9.44. The van der Waals surface area contributed by atoms with E-state index >= 15 is 0 Å². The summed E-state index contributed by atoms with van der Waals surface area (Å²) in [4.78, 5) is 0. The van der Waals surface area contributed by atoms with Gasteiger partial charge in [0, 0.05) is 19.2 Å². The standard InChI is InChI=1S/C9H19NO2/c1-2-12-7-6-10-8-4-3-5-9(8)11/h8-11H,2-7H2,1H3/t8-,9-/m0/s1. The van der Waals surface area contributed by atoms with Crippen LogP contribution in [0.2, 0.25) is 0 Å². The smallest absolute Gasteiger partial charge is 0.0693 e. The molecule has 0 unspecified atom stereocenters. The van der Waals surface area contributed by atoms with Crippen molar-refractivity contribution in [1.29, 1.82) is 0 Å². The van der Waals surface area contributed by atoms with Crippen molar-refractivity contribution in [2.45, 2.75) is 38.3 Å². The Kier molecular flexibility index (Phi) is 4.58. The van der Waals surface area contributed by atoms with Crippen LogP contribution in [0.5, 0.6) is 0 Å². The summed E-state index contributed by atoms with van der Waals surface area (Å²) < 4.78 is 5.18. The Morgan fingerprint density at radius 2 is 2.33 bits per heavy atom. The van der Waals surface area contributed by atoms with Gasteiger partial charge in [0.05, 0.1) is 12.7 Å². The first-order valence-electron chi connectivity index (χ1n) is 4.83. The zero-order valence-corrected chi connectivity index (χ0v) is 7.75. The van der Waals surface area contributed by atoms with Gasteiger partial charge in [-0.05, 0) is 26.2 Å². The summed E-state index contributed by atoms with van der Waals surface area (Å²) in [7, 11) is 0. The molecule has 0 radical (unpaired) electrons. The molecule has 0 saturated heterocycles. The maximum absolute atomic E-state index is 9.44. The number of nitrogens with one attached hydrogen (secondary N) is 1. The molecule has 0 heterocycles. The first-order chi connectivity index (χ1) is 5.84. The molecule has 1 aliphatic carbocycles. The van der Waals surface area contributed by atoms with E-state index in [2.05, 4.69) is 5.32 Å². The average molecular weight is 173 g/mol. The summed E-state index contributed by atoms with van der Waals surface area (Å²) in [5.74, 6) is 0. The first-order valence-corrected chi connectivity index (χ1v) is 4.83. The third-order valence-electron chi connectivity index (χ3n) is 2.34. The van der Waals surface area contributed by atoms with Gasteiger partial charge in [-0.25, -0.2) is 0 Å². The van der Waals surface area contributed by atoms with Crippen molar-refractivity contribution in [1.82, 2.24) is 5.32 Å². The van der Waals surface area contributed by atoms with Crippen molar-refractivity contribution in [3.8, 4) is 0 Å². The van der Waals surface area contributed by atoms with Crippen LogP contribution in [0.1, 0.15) is 26.2 Å². The van der Waals surface area contributed by atoms with Gasteiger partial charge < -0.3 is 15.2 Å². The molecular weight excluding hydrogens is 154 g/mol. The third kappa shape index (κ3) is 3.09. The maximum Gasteiger partial charge on any atom is 0.0693 e. The summed E-state index contributed by atoms with van der Waals surface area (Å²) in [6, 6.07) is 0.311. The monoisotopic (exact) mass is 173 g/mol. The van der Waals surface area contributed by atoms with Crippen molar-refractivity contribution in [3.63, 3.8) is 0 Å². The molecule has 0 aliphatic heterocycles. The molecule has 2 N–H and O–H groups in total. The molecule has 3 nitrogen and oxygen atoms in total. The number of aliphatic hydroxyl groups is 1. The largest absolute Gasteiger partial charge is 0.392 e. The molecule has 1 fully saturated rings. The molecule has 3 heteroatoms. The Hall–Kier alpha value is -0.120. The fourth-order valence-electron chi connectivity index (χ4n) is 1.64. The highest BCUT2D eigenvalue weighted by Gasteiger charge is 2.23. The number of aliphatic hydroxyl groups excluding tert-OH is 1. The second-order valence-electron chi connectivity index (χ2n) is 3.26. The van der Waals surface area contributed by atoms with Crippen LogP contribution < -0.4 is 5.32 Å². The van der Waals surface area contributed by atoms with E-state index in [0.29, 0.717) is 6.04 Å². The Morgan fingerprint density at radius 1 is 1.50 bits per heavy atom. The van der Waals surface area contributed by atoms with Crippen molar-refractivity contribution in [3.05, 3.63) is 0 Å². The zero-order valence-electron chi connectivity index (χ0n) is 7.75. The summed E-state index contributed by atoms with van der Waals surface area (Å²) in [5.41, 5.74) is 0. The van der Waals surface area contributed by atoms with Gasteiger partial charge in [0.1, 0.15) is 0 Å². The van der Waals surface area contributed by atoms with Crippen LogP contribution in [0.15, 0.2) is 0 Å². The van der Waals surface area contributed by atoms with E-state index in [1.807, 2.05) is 6.92 Å². The van der Waals surface area contributed by atoms with Crippen LogP contribution in [0.4, 0.5) is 0 Å². The van der Waals surface area contributed by atoms with Crippen LogP contribution in [0.25, 0.3) is 0 Å². The van der Waals surface area contributed by atoms with Crippen LogP contribution in [0, 0.1) is 0 Å². The predicted octanol–water partition coefficient (Wildman–Crippen LogP) is 0.526. The van der Waals surface area contributed by atoms with Gasteiger partial charge in [-0.15, -0.1) is 0 Å². The average Bonchev–Trinajstić information content (AvgIpc) is 2.46. The second kappa shape index (κ2) is 5.51. The highest BCUT2D eigenvalue weighted by Crippen LogP contribution is 2.18. The van der Waals surface area contributed by atoms with E-state index in [0.717, 1.165) is 39.0 Å². The molecule has 2 atom stereocenters. The lowest BCUT2D eigenvalue weighted by Crippen LogP contribution is -2.37. The summed E-state index contributed by atoms with van der Waals surface area (Å²) >= 11 is 0. The van der Waals surface area contributed by atoms with Crippen molar-refractivity contribution in [2.75, 3.05) is 19.8 Å². The highest BCUT2D eigenvalue weighted by molar-refractivity contribution is 4.82. The van der Waals surface area contributed by atoms with Crippen LogP contribution in [0.3, 0.4) is 0 Å². The normalized spacial score (nSPS) is 29.5. The molecule has 12 heavy (non-hydrogen) atoms. The number of ether oxygens (including phenoxy) is 1. The van der Waals surface area contributed by atoms with E-state index in [4.69, 9.17) is 4.74 Å². The molecule has 0 aromatic carbocycles. The Bertz CT molecular complexity index is 119. The van der Waals surface area contributed by atoms with Gasteiger partial charge >= 0.3 is 0 Å². The van der Waals surface area contributed by atoms with Crippen LogP contribution in [-0.4, -0.2) is 37.0 Å². The minimum atomic E-state index is -0.133. The quantitative estimate of drug-likeness (QED) is 0.596. The molecule has 0 aromatic rings. The second-order valence-corrected chi connectivity index (χ2v) is 3.26. The summed E-state index contributed by atoms with van der Waals surface area (Å²) in [6.07, 6.45) is 3.07. The lowest BCUT2D eigenvalue weighted by atomic mass is 10.2. The minimum Gasteiger partial charge on any atom is -0.392 e. The van der Waals surface area contributed by atoms with Gasteiger partial charge in [-0.1, -0.05) is 0 Å². The third-order valence-corrected chi connectivity index (χ3v) is 2.34. The highest BCUT2D eigenvalue weighted by atomic mass is 16.5. The predicted molar refractivity (Wildman–Crippen MR) is 48.1 cm³/mol. The van der Waals surface area contributed by atoms with Gasteiger partial charge in [0.15, 0.2) is 0 Å². The molecule has 0 bridgehead atoms. The van der Waals surface area contributed by atoms with Crippen molar-refractivity contribution >= 4 is 0 Å². The van der Waals surface area contributed by atoms with E-state index in [1.54, 1.807) is 0 Å². The fraction of sp³-hybridized carbons (Fsp3) is 1.00. The van der Waals surface area contributed by atoms with Crippen molar-refractivity contribution in [2.24, 2.45) is 0 Å². The molecular formula is C9H19NO2. The fourth-order valence-corrected chi connectivity index (χ4v) is 1.64.